The first kappa shape index (κ1) is 19.8. The van der Waals surface area contributed by atoms with Gasteiger partial charge in [0.05, 0.1) is 0 Å². The van der Waals surface area contributed by atoms with Crippen molar-refractivity contribution in [3.05, 3.63) is 76.6 Å². The summed E-state index contributed by atoms with van der Waals surface area (Å²) in [5.74, 6) is 0.476. The van der Waals surface area contributed by atoms with Crippen LogP contribution in [0, 0.1) is 5.82 Å². The third-order valence-electron chi connectivity index (χ3n) is 4.22. The maximum atomic E-state index is 12.8. The number of benzene rings is 2. The SMILES string of the molecule is Cl.Fc1ccc(OCCN2CC=C(Cc3ccc(Cl)cc3)CC2)cc1. The molecule has 2 aromatic rings. The fourth-order valence-electron chi connectivity index (χ4n) is 2.80. The fraction of sp³-hybridized carbons (Fsp3) is 0.300. The number of hydrogen-bond acceptors (Lipinski definition) is 2. The van der Waals surface area contributed by atoms with Crippen LogP contribution in [0.15, 0.2) is 60.2 Å². The third kappa shape index (κ3) is 6.35. The summed E-state index contributed by atoms with van der Waals surface area (Å²) in [4.78, 5) is 2.37. The van der Waals surface area contributed by atoms with E-state index in [9.17, 15) is 4.39 Å². The molecule has 3 rings (SSSR count). The zero-order chi connectivity index (χ0) is 16.8. The van der Waals surface area contributed by atoms with E-state index in [4.69, 9.17) is 16.3 Å². The number of ether oxygens (including phenoxy) is 1. The van der Waals surface area contributed by atoms with Crippen LogP contribution in [-0.2, 0) is 6.42 Å². The van der Waals surface area contributed by atoms with Crippen molar-refractivity contribution in [1.82, 2.24) is 4.90 Å². The van der Waals surface area contributed by atoms with Crippen molar-refractivity contribution < 1.29 is 9.13 Å². The molecule has 2 aromatic carbocycles. The van der Waals surface area contributed by atoms with Gasteiger partial charge in [0, 0.05) is 24.7 Å². The van der Waals surface area contributed by atoms with E-state index in [1.54, 1.807) is 12.1 Å². The topological polar surface area (TPSA) is 12.5 Å². The molecule has 5 heteroatoms. The van der Waals surface area contributed by atoms with Crippen molar-refractivity contribution >= 4 is 24.0 Å². The molecule has 0 N–H and O–H groups in total. The quantitative estimate of drug-likeness (QED) is 0.641. The molecule has 0 atom stereocenters. The van der Waals surface area contributed by atoms with Crippen LogP contribution in [0.2, 0.25) is 5.02 Å². The molecule has 0 fully saturated rings. The van der Waals surface area contributed by atoms with E-state index in [2.05, 4.69) is 23.1 Å². The molecule has 0 spiro atoms. The Hall–Kier alpha value is -1.55. The van der Waals surface area contributed by atoms with Crippen molar-refractivity contribution in [1.29, 1.82) is 0 Å². The Kier molecular flexibility index (Phi) is 7.76. The van der Waals surface area contributed by atoms with Gasteiger partial charge in [0.25, 0.3) is 0 Å². The molecular formula is C20H22Cl2FNO. The molecule has 1 heterocycles. The van der Waals surface area contributed by atoms with Gasteiger partial charge in [-0.05, 0) is 54.8 Å². The van der Waals surface area contributed by atoms with E-state index in [0.29, 0.717) is 12.4 Å². The Morgan fingerprint density at radius 3 is 2.40 bits per heavy atom. The minimum absolute atomic E-state index is 0. The molecule has 0 unspecified atom stereocenters. The van der Waals surface area contributed by atoms with Gasteiger partial charge < -0.3 is 4.74 Å². The van der Waals surface area contributed by atoms with Crippen molar-refractivity contribution in [2.24, 2.45) is 0 Å². The molecule has 134 valence electrons. The van der Waals surface area contributed by atoms with Gasteiger partial charge in [-0.25, -0.2) is 4.39 Å². The van der Waals surface area contributed by atoms with Gasteiger partial charge >= 0.3 is 0 Å². The van der Waals surface area contributed by atoms with Gasteiger partial charge in [-0.2, -0.15) is 0 Å². The molecule has 0 saturated carbocycles. The maximum Gasteiger partial charge on any atom is 0.123 e. The summed E-state index contributed by atoms with van der Waals surface area (Å²) in [6, 6.07) is 14.2. The van der Waals surface area contributed by atoms with Crippen LogP contribution in [0.1, 0.15) is 12.0 Å². The fourth-order valence-corrected chi connectivity index (χ4v) is 2.93. The molecule has 0 radical (unpaired) electrons. The average molecular weight is 382 g/mol. The van der Waals surface area contributed by atoms with Crippen molar-refractivity contribution in [2.75, 3.05) is 26.2 Å². The molecule has 0 saturated heterocycles. The molecule has 25 heavy (non-hydrogen) atoms. The predicted octanol–water partition coefficient (Wildman–Crippen LogP) is 5.15. The maximum absolute atomic E-state index is 12.8. The van der Waals surface area contributed by atoms with Gasteiger partial charge in [-0.1, -0.05) is 35.4 Å². The summed E-state index contributed by atoms with van der Waals surface area (Å²) in [6.07, 6.45) is 4.40. The molecule has 0 aliphatic carbocycles. The van der Waals surface area contributed by atoms with Crippen LogP contribution in [0.3, 0.4) is 0 Å². The number of hydrogen-bond donors (Lipinski definition) is 0. The summed E-state index contributed by atoms with van der Waals surface area (Å²) in [7, 11) is 0. The highest BCUT2D eigenvalue weighted by Gasteiger charge is 2.12. The van der Waals surface area contributed by atoms with Crippen molar-refractivity contribution in [2.45, 2.75) is 12.8 Å². The van der Waals surface area contributed by atoms with E-state index >= 15 is 0 Å². The predicted molar refractivity (Wildman–Crippen MR) is 103 cm³/mol. The lowest BCUT2D eigenvalue weighted by atomic mass is 10.00. The number of nitrogens with zero attached hydrogens (tertiary/aromatic N) is 1. The zero-order valence-corrected chi connectivity index (χ0v) is 15.5. The Labute approximate surface area is 159 Å². The number of halogens is 3. The first-order chi connectivity index (χ1) is 11.7. The van der Waals surface area contributed by atoms with Crippen LogP contribution < -0.4 is 4.74 Å². The lowest BCUT2D eigenvalue weighted by Crippen LogP contribution is -2.32. The van der Waals surface area contributed by atoms with Crippen LogP contribution in [0.25, 0.3) is 0 Å². The Bertz CT molecular complexity index is 686. The van der Waals surface area contributed by atoms with E-state index in [1.807, 2.05) is 12.1 Å². The zero-order valence-electron chi connectivity index (χ0n) is 14.0. The second-order valence-corrected chi connectivity index (χ2v) is 6.46. The molecule has 0 amide bonds. The highest BCUT2D eigenvalue weighted by molar-refractivity contribution is 6.30. The molecule has 1 aliphatic heterocycles. The molecule has 2 nitrogen and oxygen atoms in total. The summed E-state index contributed by atoms with van der Waals surface area (Å²) in [5.41, 5.74) is 2.78. The summed E-state index contributed by atoms with van der Waals surface area (Å²) in [6.45, 7) is 3.50. The van der Waals surface area contributed by atoms with E-state index < -0.39 is 0 Å². The van der Waals surface area contributed by atoms with Gasteiger partial charge in [0.2, 0.25) is 0 Å². The van der Waals surface area contributed by atoms with Gasteiger partial charge in [-0.15, -0.1) is 12.4 Å². The minimum atomic E-state index is -0.239. The second-order valence-electron chi connectivity index (χ2n) is 6.02. The first-order valence-corrected chi connectivity index (χ1v) is 8.60. The average Bonchev–Trinajstić information content (AvgIpc) is 2.60. The lowest BCUT2D eigenvalue weighted by molar-refractivity contribution is 0.218. The smallest absolute Gasteiger partial charge is 0.123 e. The van der Waals surface area contributed by atoms with E-state index in [1.165, 1.54) is 23.3 Å². The summed E-state index contributed by atoms with van der Waals surface area (Å²) in [5, 5.41) is 0.781. The molecule has 0 bridgehead atoms. The highest BCUT2D eigenvalue weighted by atomic mass is 35.5. The molecular weight excluding hydrogens is 360 g/mol. The van der Waals surface area contributed by atoms with Gasteiger partial charge in [0.1, 0.15) is 18.2 Å². The van der Waals surface area contributed by atoms with Crippen LogP contribution in [0.4, 0.5) is 4.39 Å². The normalized spacial score (nSPS) is 14.6. The van der Waals surface area contributed by atoms with Crippen LogP contribution >= 0.6 is 24.0 Å². The Balaban J connectivity index is 0.00000225. The largest absolute Gasteiger partial charge is 0.492 e. The van der Waals surface area contributed by atoms with E-state index in [0.717, 1.165) is 37.5 Å². The minimum Gasteiger partial charge on any atom is -0.492 e. The lowest BCUT2D eigenvalue weighted by Gasteiger charge is -2.26. The van der Waals surface area contributed by atoms with Crippen molar-refractivity contribution in [3.63, 3.8) is 0 Å². The summed E-state index contributed by atoms with van der Waals surface area (Å²) >= 11 is 5.92. The van der Waals surface area contributed by atoms with Crippen molar-refractivity contribution in [3.8, 4) is 5.75 Å². The second kappa shape index (κ2) is 9.81. The third-order valence-corrected chi connectivity index (χ3v) is 4.47. The standard InChI is InChI=1S/C20H21ClFNO.ClH/c21-18-3-1-16(2-4-18)15-17-9-11-23(12-10-17)13-14-24-20-7-5-19(22)6-8-20;/h1-9H,10-15H2;1H. The highest BCUT2D eigenvalue weighted by Crippen LogP contribution is 2.18. The van der Waals surface area contributed by atoms with Gasteiger partial charge in [0.15, 0.2) is 0 Å². The van der Waals surface area contributed by atoms with Gasteiger partial charge in [-0.3, -0.25) is 4.90 Å². The summed E-state index contributed by atoms with van der Waals surface area (Å²) < 4.78 is 18.5. The molecule has 0 aromatic heterocycles. The number of rotatable bonds is 6. The monoisotopic (exact) mass is 381 g/mol. The van der Waals surface area contributed by atoms with E-state index in [-0.39, 0.29) is 18.2 Å². The first-order valence-electron chi connectivity index (χ1n) is 8.22. The molecule has 1 aliphatic rings. The Morgan fingerprint density at radius 1 is 1.04 bits per heavy atom. The van der Waals surface area contributed by atoms with Crippen LogP contribution in [-0.4, -0.2) is 31.1 Å². The van der Waals surface area contributed by atoms with Crippen LogP contribution in [0.5, 0.6) is 5.75 Å². The Morgan fingerprint density at radius 2 is 1.76 bits per heavy atom.